The Morgan fingerprint density at radius 3 is 2.86 bits per heavy atom. The number of ketones is 1. The van der Waals surface area contributed by atoms with Crippen LogP contribution in [0.2, 0.25) is 0 Å². The Labute approximate surface area is 119 Å². The van der Waals surface area contributed by atoms with Crippen molar-refractivity contribution < 1.29 is 9.90 Å². The molecule has 0 saturated carbocycles. The van der Waals surface area contributed by atoms with Crippen LogP contribution in [0.5, 0.6) is 5.75 Å². The molecule has 2 rings (SSSR count). The second-order valence-corrected chi connectivity index (χ2v) is 4.37. The molecule has 1 aromatic rings. The van der Waals surface area contributed by atoms with Crippen LogP contribution in [0.15, 0.2) is 22.0 Å². The highest BCUT2D eigenvalue weighted by Gasteiger charge is 2.23. The van der Waals surface area contributed by atoms with Crippen LogP contribution in [-0.2, 0) is 7.05 Å². The molecular weight excluding hydrogens is 274 g/mol. The zero-order valence-electron chi connectivity index (χ0n) is 11.3. The van der Waals surface area contributed by atoms with Crippen LogP contribution in [0.3, 0.4) is 0 Å². The third-order valence-electron chi connectivity index (χ3n) is 3.20. The highest BCUT2D eigenvalue weighted by atomic mass is 16.3. The van der Waals surface area contributed by atoms with Crippen molar-refractivity contribution in [1.29, 1.82) is 0 Å². The van der Waals surface area contributed by atoms with Gasteiger partial charge in [0.25, 0.3) is 5.56 Å². The third-order valence-corrected chi connectivity index (χ3v) is 3.20. The number of pyridine rings is 1. The van der Waals surface area contributed by atoms with Gasteiger partial charge >= 0.3 is 0 Å². The predicted octanol–water partition coefficient (Wildman–Crippen LogP) is -2.47. The lowest BCUT2D eigenvalue weighted by Crippen LogP contribution is -2.47. The number of hydrazine groups is 1. The molecule has 110 valence electrons. The monoisotopic (exact) mass is 289 g/mol. The molecule has 0 saturated heterocycles. The van der Waals surface area contributed by atoms with Gasteiger partial charge in [-0.15, -0.1) is 0 Å². The minimum atomic E-state index is -0.869. The van der Waals surface area contributed by atoms with Gasteiger partial charge in [0.05, 0.1) is 5.35 Å². The summed E-state index contributed by atoms with van der Waals surface area (Å²) in [5.41, 5.74) is 0.917. The normalized spacial score (nSPS) is 13.7. The molecule has 1 aliphatic rings. The molecule has 8 nitrogen and oxygen atoms in total. The molecular formula is C13H15N5O3. The molecule has 0 radical (unpaired) electrons. The van der Waals surface area contributed by atoms with Crippen molar-refractivity contribution in [3.8, 4) is 5.75 Å². The molecule has 8 heteroatoms. The summed E-state index contributed by atoms with van der Waals surface area (Å²) in [6.07, 6.45) is 7.61. The van der Waals surface area contributed by atoms with Gasteiger partial charge in [0, 0.05) is 12.3 Å². The van der Waals surface area contributed by atoms with Crippen molar-refractivity contribution in [2.45, 2.75) is 6.42 Å². The fourth-order valence-corrected chi connectivity index (χ4v) is 2.13. The number of rotatable bonds is 2. The first kappa shape index (κ1) is 14.5. The largest absolute Gasteiger partial charge is 0.506 e. The van der Waals surface area contributed by atoms with E-state index in [0.29, 0.717) is 17.0 Å². The van der Waals surface area contributed by atoms with Crippen LogP contribution in [0.25, 0.3) is 12.2 Å². The van der Waals surface area contributed by atoms with E-state index in [1.807, 2.05) is 11.5 Å². The van der Waals surface area contributed by atoms with E-state index in [2.05, 4.69) is 5.10 Å². The topological polar surface area (TPSA) is 136 Å². The average molecular weight is 289 g/mol. The van der Waals surface area contributed by atoms with E-state index in [4.69, 9.17) is 11.7 Å². The van der Waals surface area contributed by atoms with Crippen molar-refractivity contribution in [3.05, 3.63) is 38.6 Å². The fraction of sp³-hybridized carbons (Fsp3) is 0.154. The van der Waals surface area contributed by atoms with Gasteiger partial charge in [0.1, 0.15) is 11.3 Å². The van der Waals surface area contributed by atoms with E-state index in [1.165, 1.54) is 11.6 Å². The Morgan fingerprint density at radius 1 is 1.52 bits per heavy atom. The van der Waals surface area contributed by atoms with Gasteiger partial charge in [-0.05, 0) is 12.5 Å². The summed E-state index contributed by atoms with van der Waals surface area (Å²) in [7, 11) is 1.51. The number of aromatic nitrogens is 1. The van der Waals surface area contributed by atoms with Gasteiger partial charge in [0.2, 0.25) is 11.6 Å². The molecule has 1 aromatic heterocycles. The summed E-state index contributed by atoms with van der Waals surface area (Å²) in [5, 5.41) is 14.4. The number of hydrazone groups is 1. The van der Waals surface area contributed by atoms with Crippen molar-refractivity contribution >= 4 is 23.8 Å². The Bertz CT molecular complexity index is 833. The maximum atomic E-state index is 12.3. The van der Waals surface area contributed by atoms with E-state index in [0.717, 1.165) is 0 Å². The Hall–Kier alpha value is -2.87. The van der Waals surface area contributed by atoms with Gasteiger partial charge in [0.15, 0.2) is 0 Å². The second kappa shape index (κ2) is 5.63. The summed E-state index contributed by atoms with van der Waals surface area (Å²) in [5.74, 6) is 8.46. The summed E-state index contributed by atoms with van der Waals surface area (Å²) in [6, 6.07) is 0. The number of aromatic hydroxyl groups is 1. The zero-order chi connectivity index (χ0) is 15.6. The number of amidine groups is 1. The molecule has 21 heavy (non-hydrogen) atoms. The average Bonchev–Trinajstić information content (AvgIpc) is 2.72. The molecule has 0 amide bonds. The lowest BCUT2D eigenvalue weighted by molar-refractivity contribution is 0.105. The number of nitrogens with one attached hydrogen (secondary N) is 1. The number of carbonyl (C=O) groups excluding carboxylic acids is 1. The van der Waals surface area contributed by atoms with Crippen LogP contribution in [0.4, 0.5) is 0 Å². The number of fused-ring (bicyclic) bond motifs is 1. The number of Topliss-reactive ketones (excluding diaryl/α,β-unsaturated/α-hetero) is 1. The smallest absolute Gasteiger partial charge is 0.265 e. The molecule has 0 aromatic carbocycles. The van der Waals surface area contributed by atoms with Crippen LogP contribution >= 0.6 is 0 Å². The molecule has 0 atom stereocenters. The number of hydrogen-bond donors (Lipinski definition) is 4. The first-order valence-electron chi connectivity index (χ1n) is 6.11. The summed E-state index contributed by atoms with van der Waals surface area (Å²) in [4.78, 5) is 24.5. The number of carbonyl (C=O) groups is 1. The lowest BCUT2D eigenvalue weighted by atomic mass is 10.1. The molecule has 0 aliphatic heterocycles. The van der Waals surface area contributed by atoms with Gasteiger partial charge in [-0.3, -0.25) is 9.59 Å². The van der Waals surface area contributed by atoms with E-state index in [1.54, 1.807) is 18.2 Å². The minimum Gasteiger partial charge on any atom is -0.506 e. The number of hydrogen-bond acceptors (Lipinski definition) is 6. The quantitative estimate of drug-likeness (QED) is 0.157. The van der Waals surface area contributed by atoms with Gasteiger partial charge in [-0.2, -0.15) is 5.10 Å². The Balaban J connectivity index is 2.88. The van der Waals surface area contributed by atoms with E-state index < -0.39 is 28.5 Å². The Morgan fingerprint density at radius 2 is 2.24 bits per heavy atom. The van der Waals surface area contributed by atoms with E-state index >= 15 is 0 Å². The van der Waals surface area contributed by atoms with Crippen molar-refractivity contribution in [2.75, 3.05) is 0 Å². The highest BCUT2D eigenvalue weighted by molar-refractivity contribution is 6.45. The standard InChI is InChI=1S/C13H15N5O3/c1-18-8-6-4-2-3-5-7(8)10(19)9(13(18)21)11(20)12(16-14)17-15/h2,4-6,19H,3,14-15H2,1H3,(H,16,17). The molecule has 0 fully saturated rings. The third kappa shape index (κ3) is 2.32. The number of nitrogens with two attached hydrogens (primary N) is 2. The van der Waals surface area contributed by atoms with Gasteiger partial charge < -0.3 is 20.9 Å². The van der Waals surface area contributed by atoms with Crippen molar-refractivity contribution in [1.82, 2.24) is 9.99 Å². The van der Waals surface area contributed by atoms with Crippen LogP contribution in [0, 0.1) is 0 Å². The lowest BCUT2D eigenvalue weighted by Gasteiger charge is -2.09. The molecule has 0 unspecified atom stereocenters. The van der Waals surface area contributed by atoms with Gasteiger partial charge in [-0.1, -0.05) is 18.2 Å². The number of nitrogens with zero attached hydrogens (tertiary/aromatic N) is 2. The summed E-state index contributed by atoms with van der Waals surface area (Å²) in [6.45, 7) is 0. The van der Waals surface area contributed by atoms with E-state index in [-0.39, 0.29) is 0 Å². The SMILES string of the molecule is Cn1c(=O)c(C(=O)/C(=N/N)NN)c(O)c2c1=CC=CCC=2. The van der Waals surface area contributed by atoms with Crippen molar-refractivity contribution in [2.24, 2.45) is 23.8 Å². The van der Waals surface area contributed by atoms with Crippen LogP contribution in [0.1, 0.15) is 16.8 Å². The maximum Gasteiger partial charge on any atom is 0.265 e. The van der Waals surface area contributed by atoms with Gasteiger partial charge in [-0.25, -0.2) is 5.84 Å². The highest BCUT2D eigenvalue weighted by Crippen LogP contribution is 2.07. The van der Waals surface area contributed by atoms with Crippen LogP contribution < -0.4 is 33.2 Å². The van der Waals surface area contributed by atoms with Crippen LogP contribution in [-0.4, -0.2) is 21.3 Å². The minimum absolute atomic E-state index is 0.402. The molecule has 1 aliphatic carbocycles. The first-order chi connectivity index (χ1) is 10.0. The maximum absolute atomic E-state index is 12.3. The van der Waals surface area contributed by atoms with E-state index in [9.17, 15) is 14.7 Å². The predicted molar refractivity (Wildman–Crippen MR) is 78.6 cm³/mol. The molecule has 1 heterocycles. The molecule has 0 spiro atoms. The first-order valence-corrected chi connectivity index (χ1v) is 6.11. The van der Waals surface area contributed by atoms with Crippen molar-refractivity contribution in [3.63, 3.8) is 0 Å². The number of allylic oxidation sites excluding steroid dienone is 2. The zero-order valence-corrected chi connectivity index (χ0v) is 11.3. The summed E-state index contributed by atoms with van der Waals surface area (Å²) >= 11 is 0. The fourth-order valence-electron chi connectivity index (χ4n) is 2.13. The second-order valence-electron chi connectivity index (χ2n) is 4.37. The molecule has 6 N–H and O–H groups in total. The molecule has 0 bridgehead atoms. The Kier molecular flexibility index (Phi) is 3.90. The summed E-state index contributed by atoms with van der Waals surface area (Å²) < 4.78 is 1.28.